The number of aliphatic hydroxyl groups is 1. The highest BCUT2D eigenvalue weighted by atomic mass is 31.2. The third-order valence-electron chi connectivity index (χ3n) is 7.68. The maximum absolute atomic E-state index is 12.7. The molecule has 0 bridgehead atoms. The van der Waals surface area contributed by atoms with Gasteiger partial charge in [-0.2, -0.15) is 0 Å². The number of unbranched alkanes of at least 4 members (excludes halogenated alkanes) is 15. The minimum atomic E-state index is -4.58. The molecule has 0 aromatic heterocycles. The third kappa shape index (κ3) is 31.1. The predicted octanol–water partition coefficient (Wildman–Crippen LogP) is 8.16. The summed E-state index contributed by atoms with van der Waals surface area (Å²) in [5.41, 5.74) is 0. The van der Waals surface area contributed by atoms with Crippen molar-refractivity contribution in [1.82, 2.24) is 5.32 Å². The van der Waals surface area contributed by atoms with Gasteiger partial charge in [0.2, 0.25) is 5.91 Å². The molecule has 0 fully saturated rings. The molecule has 3 atom stereocenters. The SMILES string of the molecule is C/C=C/CC/C=C/CC/C=C/C(O)C(COP(=O)([O-])OCC[N+](C)(C)C)NC(=O)CCCCCCCCCCCCCCCC. The van der Waals surface area contributed by atoms with Crippen molar-refractivity contribution >= 4 is 13.7 Å². The maximum Gasteiger partial charge on any atom is 0.268 e. The standard InChI is InChI=1S/C36H69N2O6P/c1-6-8-10-12-14-16-17-18-19-20-22-24-26-28-30-36(40)37-34(33-44-45(41,42)43-32-31-38(3,4)5)35(39)29-27-25-23-21-15-13-11-9-7-2/h7,9,15,21,27,29,34-35,39H,6,8,10-14,16-20,22-26,28,30-33H2,1-5H3,(H-,37,40,41,42)/b9-7+,21-15+,29-27+. The normalized spacial score (nSPS) is 15.3. The minimum Gasteiger partial charge on any atom is -0.756 e. The van der Waals surface area contributed by atoms with E-state index in [4.69, 9.17) is 9.05 Å². The van der Waals surface area contributed by atoms with Crippen LogP contribution < -0.4 is 10.2 Å². The number of allylic oxidation sites excluding steroid dienone is 5. The lowest BCUT2D eigenvalue weighted by molar-refractivity contribution is -0.870. The van der Waals surface area contributed by atoms with Gasteiger partial charge in [0.05, 0.1) is 39.9 Å². The van der Waals surface area contributed by atoms with Crippen LogP contribution in [0, 0.1) is 0 Å². The van der Waals surface area contributed by atoms with Crippen LogP contribution in [0.15, 0.2) is 36.5 Å². The predicted molar refractivity (Wildman–Crippen MR) is 187 cm³/mol. The van der Waals surface area contributed by atoms with Crippen LogP contribution in [0.25, 0.3) is 0 Å². The van der Waals surface area contributed by atoms with Crippen molar-refractivity contribution < 1.29 is 32.9 Å². The fourth-order valence-electron chi connectivity index (χ4n) is 4.78. The van der Waals surface area contributed by atoms with Gasteiger partial charge in [-0.05, 0) is 39.0 Å². The van der Waals surface area contributed by atoms with E-state index in [1.54, 1.807) is 6.08 Å². The fraction of sp³-hybridized carbons (Fsp3) is 0.806. The van der Waals surface area contributed by atoms with Crippen LogP contribution in [0.4, 0.5) is 0 Å². The molecule has 45 heavy (non-hydrogen) atoms. The highest BCUT2D eigenvalue weighted by Crippen LogP contribution is 2.38. The molecular weight excluding hydrogens is 587 g/mol. The second-order valence-electron chi connectivity index (χ2n) is 13.2. The number of phosphoric acid groups is 1. The Morgan fingerprint density at radius 3 is 1.80 bits per heavy atom. The summed E-state index contributed by atoms with van der Waals surface area (Å²) in [6, 6.07) is -0.902. The molecule has 0 spiro atoms. The van der Waals surface area contributed by atoms with E-state index in [0.29, 0.717) is 17.4 Å². The molecule has 0 aliphatic rings. The monoisotopic (exact) mass is 656 g/mol. The molecule has 0 aromatic carbocycles. The average molecular weight is 657 g/mol. The highest BCUT2D eigenvalue weighted by molar-refractivity contribution is 7.45. The van der Waals surface area contributed by atoms with Gasteiger partial charge in [-0.25, -0.2) is 0 Å². The minimum absolute atomic E-state index is 0.00880. The van der Waals surface area contributed by atoms with Gasteiger partial charge in [-0.15, -0.1) is 0 Å². The first-order valence-electron chi connectivity index (χ1n) is 17.8. The molecule has 9 heteroatoms. The lowest BCUT2D eigenvalue weighted by atomic mass is 10.0. The first kappa shape index (κ1) is 43.7. The summed E-state index contributed by atoms with van der Waals surface area (Å²) in [4.78, 5) is 25.0. The van der Waals surface area contributed by atoms with Gasteiger partial charge in [-0.3, -0.25) is 9.36 Å². The van der Waals surface area contributed by atoms with Crippen LogP contribution in [0.5, 0.6) is 0 Å². The molecule has 0 aromatic rings. The van der Waals surface area contributed by atoms with Crippen molar-refractivity contribution in [3.05, 3.63) is 36.5 Å². The second-order valence-corrected chi connectivity index (χ2v) is 14.6. The molecule has 0 rings (SSSR count). The summed E-state index contributed by atoms with van der Waals surface area (Å²) in [6.45, 7) is 4.35. The first-order chi connectivity index (χ1) is 21.5. The maximum atomic E-state index is 12.7. The van der Waals surface area contributed by atoms with Gasteiger partial charge in [0.1, 0.15) is 13.2 Å². The number of likely N-dealkylation sites (N-methyl/N-ethyl adjacent to an activating group) is 1. The van der Waals surface area contributed by atoms with E-state index in [0.717, 1.165) is 44.9 Å². The zero-order valence-electron chi connectivity index (χ0n) is 29.6. The van der Waals surface area contributed by atoms with E-state index in [1.165, 1.54) is 70.6 Å². The lowest BCUT2D eigenvalue weighted by Crippen LogP contribution is -2.45. The lowest BCUT2D eigenvalue weighted by Gasteiger charge is -2.29. The number of nitrogens with one attached hydrogen (secondary N) is 1. The largest absolute Gasteiger partial charge is 0.756 e. The van der Waals surface area contributed by atoms with E-state index < -0.39 is 26.6 Å². The number of carbonyl (C=O) groups excluding carboxylic acids is 1. The molecule has 0 heterocycles. The van der Waals surface area contributed by atoms with Crippen LogP contribution in [-0.4, -0.2) is 68.5 Å². The number of quaternary nitrogens is 1. The van der Waals surface area contributed by atoms with Crippen molar-refractivity contribution in [3.8, 4) is 0 Å². The summed E-state index contributed by atoms with van der Waals surface area (Å²) < 4.78 is 23.0. The Bertz CT molecular complexity index is 840. The van der Waals surface area contributed by atoms with Crippen molar-refractivity contribution in [2.24, 2.45) is 0 Å². The topological polar surface area (TPSA) is 108 Å². The Morgan fingerprint density at radius 1 is 0.800 bits per heavy atom. The zero-order chi connectivity index (χ0) is 33.7. The molecule has 2 N–H and O–H groups in total. The fourth-order valence-corrected chi connectivity index (χ4v) is 5.50. The van der Waals surface area contributed by atoms with E-state index >= 15 is 0 Å². The van der Waals surface area contributed by atoms with Crippen molar-refractivity contribution in [3.63, 3.8) is 0 Å². The van der Waals surface area contributed by atoms with Crippen LogP contribution in [0.3, 0.4) is 0 Å². The Hall–Kier alpha value is -1.28. The molecular formula is C36H69N2O6P. The smallest absolute Gasteiger partial charge is 0.268 e. The second kappa shape index (κ2) is 28.9. The number of nitrogens with zero attached hydrogens (tertiary/aromatic N) is 1. The summed E-state index contributed by atoms with van der Waals surface area (Å²) in [6.07, 6.45) is 32.1. The van der Waals surface area contributed by atoms with Crippen LogP contribution >= 0.6 is 7.82 Å². The summed E-state index contributed by atoms with van der Waals surface area (Å²) >= 11 is 0. The van der Waals surface area contributed by atoms with E-state index in [2.05, 4.69) is 30.5 Å². The molecule has 0 radical (unpaired) electrons. The average Bonchev–Trinajstić information content (AvgIpc) is 2.97. The summed E-state index contributed by atoms with van der Waals surface area (Å²) in [5.74, 6) is -0.217. The molecule has 0 aliphatic carbocycles. The molecule has 0 saturated heterocycles. The molecule has 0 saturated carbocycles. The Morgan fingerprint density at radius 2 is 1.29 bits per heavy atom. The highest BCUT2D eigenvalue weighted by Gasteiger charge is 2.23. The summed E-state index contributed by atoms with van der Waals surface area (Å²) in [5, 5.41) is 13.6. The van der Waals surface area contributed by atoms with Gasteiger partial charge in [0.25, 0.3) is 7.82 Å². The summed E-state index contributed by atoms with van der Waals surface area (Å²) in [7, 11) is 1.23. The van der Waals surface area contributed by atoms with Crippen molar-refractivity contribution in [2.75, 3.05) is 40.9 Å². The van der Waals surface area contributed by atoms with Gasteiger partial charge in [-0.1, -0.05) is 127 Å². The quantitative estimate of drug-likeness (QED) is 0.0337. The number of rotatable bonds is 31. The first-order valence-corrected chi connectivity index (χ1v) is 19.3. The van der Waals surface area contributed by atoms with Crippen molar-refractivity contribution in [1.29, 1.82) is 0 Å². The van der Waals surface area contributed by atoms with Gasteiger partial charge in [0, 0.05) is 6.42 Å². The number of hydrogen-bond acceptors (Lipinski definition) is 6. The number of amides is 1. The Balaban J connectivity index is 4.55. The molecule has 8 nitrogen and oxygen atoms in total. The third-order valence-corrected chi connectivity index (χ3v) is 8.64. The molecule has 0 aliphatic heterocycles. The Labute approximate surface area is 276 Å². The van der Waals surface area contributed by atoms with Crippen LogP contribution in [0.1, 0.15) is 136 Å². The number of hydrogen-bond donors (Lipinski definition) is 2. The number of aliphatic hydroxyl groups excluding tert-OH is 1. The van der Waals surface area contributed by atoms with Gasteiger partial charge >= 0.3 is 0 Å². The van der Waals surface area contributed by atoms with Gasteiger partial charge in [0.15, 0.2) is 0 Å². The number of phosphoric ester groups is 1. The van der Waals surface area contributed by atoms with E-state index in [1.807, 2.05) is 40.2 Å². The van der Waals surface area contributed by atoms with Crippen LogP contribution in [0.2, 0.25) is 0 Å². The van der Waals surface area contributed by atoms with Crippen molar-refractivity contribution in [2.45, 2.75) is 148 Å². The van der Waals surface area contributed by atoms with E-state index in [9.17, 15) is 19.4 Å². The van der Waals surface area contributed by atoms with Crippen LogP contribution in [-0.2, 0) is 18.4 Å². The zero-order valence-corrected chi connectivity index (χ0v) is 30.5. The Kier molecular flexibility index (Phi) is 28.1. The molecule has 1 amide bonds. The number of carbonyl (C=O) groups is 1. The molecule has 3 unspecified atom stereocenters. The molecule has 264 valence electrons. The van der Waals surface area contributed by atoms with E-state index in [-0.39, 0.29) is 12.5 Å². The van der Waals surface area contributed by atoms with Gasteiger partial charge < -0.3 is 28.8 Å².